The number of rotatable bonds is 6. The molecule has 10 aromatic rings. The standard InChI is InChI=1S/C60H39N4OP/c65-66(46-11-2-1-3-12-46,47-25-20-38-10-7-31-61-54(38)35-47)56-30-24-45(36-62-56)42-22-27-49-44(34-42)23-28-51-50-13-4-5-14-52(50)60-63-53-29-15-37(33-55(53)64(60)59(49)51)32-43-19-18-41-17-16-39-8-6-9-40-21-26-48(43)58(41)57(39)40/h1-8,10-31,33-36,58H,9,32H2. The predicted octanol–water partition coefficient (Wildman–Crippen LogP) is 12.9. The molecule has 0 spiro atoms. The van der Waals surface area contributed by atoms with E-state index in [2.05, 4.69) is 137 Å². The Balaban J connectivity index is 0.878. The molecule has 4 aliphatic rings. The average molecular weight is 863 g/mol. The van der Waals surface area contributed by atoms with E-state index in [4.69, 9.17) is 9.97 Å². The summed E-state index contributed by atoms with van der Waals surface area (Å²) < 4.78 is 17.8. The van der Waals surface area contributed by atoms with Crippen LogP contribution in [0.1, 0.15) is 12.0 Å². The van der Waals surface area contributed by atoms with Crippen LogP contribution in [0.15, 0.2) is 240 Å². The Hall–Kier alpha value is -7.98. The van der Waals surface area contributed by atoms with Crippen molar-refractivity contribution in [1.82, 2.24) is 19.4 Å². The molecule has 0 N–H and O–H groups in total. The van der Waals surface area contributed by atoms with E-state index in [9.17, 15) is 0 Å². The Morgan fingerprint density at radius 1 is 0.621 bits per heavy atom. The normalized spacial score (nSPS) is 17.3. The van der Waals surface area contributed by atoms with E-state index in [0.717, 1.165) is 78.5 Å². The topological polar surface area (TPSA) is 60.2 Å². The highest BCUT2D eigenvalue weighted by molar-refractivity contribution is 7.85. The van der Waals surface area contributed by atoms with Gasteiger partial charge in [0.1, 0.15) is 11.1 Å². The summed E-state index contributed by atoms with van der Waals surface area (Å²) in [5, 5.41) is 8.24. The van der Waals surface area contributed by atoms with Gasteiger partial charge in [0, 0.05) is 56.0 Å². The summed E-state index contributed by atoms with van der Waals surface area (Å²) >= 11 is 0. The Bertz CT molecular complexity index is 4070. The summed E-state index contributed by atoms with van der Waals surface area (Å²) in [6.45, 7) is 0. The molecule has 6 aromatic carbocycles. The van der Waals surface area contributed by atoms with E-state index in [1.54, 1.807) is 6.20 Å². The summed E-state index contributed by atoms with van der Waals surface area (Å²) in [7, 11) is -3.32. The summed E-state index contributed by atoms with van der Waals surface area (Å²) in [4.78, 5) is 14.9. The first-order valence-corrected chi connectivity index (χ1v) is 24.3. The van der Waals surface area contributed by atoms with Crippen LogP contribution in [-0.4, -0.2) is 19.4 Å². The van der Waals surface area contributed by atoms with E-state index in [0.29, 0.717) is 16.7 Å². The van der Waals surface area contributed by atoms with E-state index in [1.165, 1.54) is 49.8 Å². The van der Waals surface area contributed by atoms with Crippen molar-refractivity contribution in [1.29, 1.82) is 0 Å². The molecule has 4 aliphatic carbocycles. The third-order valence-electron chi connectivity index (χ3n) is 14.3. The maximum Gasteiger partial charge on any atom is 0.188 e. The van der Waals surface area contributed by atoms with Crippen LogP contribution in [0.2, 0.25) is 0 Å². The van der Waals surface area contributed by atoms with Crippen molar-refractivity contribution < 1.29 is 4.57 Å². The van der Waals surface area contributed by atoms with Crippen LogP contribution in [0.5, 0.6) is 0 Å². The van der Waals surface area contributed by atoms with Gasteiger partial charge < -0.3 is 4.57 Å². The number of aromatic nitrogens is 4. The zero-order valence-electron chi connectivity index (χ0n) is 35.8. The van der Waals surface area contributed by atoms with E-state index in [-0.39, 0.29) is 0 Å². The zero-order valence-corrected chi connectivity index (χ0v) is 36.7. The quantitative estimate of drug-likeness (QED) is 0.123. The van der Waals surface area contributed by atoms with Gasteiger partial charge in [-0.1, -0.05) is 158 Å². The van der Waals surface area contributed by atoms with Crippen LogP contribution in [0.4, 0.5) is 0 Å². The fourth-order valence-corrected chi connectivity index (χ4v) is 13.6. The SMILES string of the molecule is O=P(c1ccccc1)(c1ccc2cccnc2c1)c1ccc(-c2ccc3c(ccc4c5ccccc5c5nc6ccc(CC7=CC=C8C=CC9=C%10C(=CC=C7C8%10)CC=C9)cc6n5c34)c2)cn1. The molecule has 0 radical (unpaired) electrons. The number of allylic oxidation sites excluding steroid dienone is 14. The zero-order chi connectivity index (χ0) is 43.5. The minimum absolute atomic E-state index is 0.305. The van der Waals surface area contributed by atoms with Crippen molar-refractivity contribution >= 4 is 83.2 Å². The second-order valence-electron chi connectivity index (χ2n) is 17.9. The average Bonchev–Trinajstić information content (AvgIpc) is 3.77. The van der Waals surface area contributed by atoms with Crippen molar-refractivity contribution in [2.45, 2.75) is 12.8 Å². The van der Waals surface area contributed by atoms with Gasteiger partial charge in [0.05, 0.1) is 22.1 Å². The molecule has 310 valence electrons. The maximum absolute atomic E-state index is 15.4. The minimum atomic E-state index is -3.32. The van der Waals surface area contributed by atoms with E-state index >= 15 is 4.57 Å². The van der Waals surface area contributed by atoms with Gasteiger partial charge in [-0.25, -0.2) is 4.98 Å². The third kappa shape index (κ3) is 5.54. The van der Waals surface area contributed by atoms with Crippen molar-refractivity contribution in [3.05, 3.63) is 246 Å². The molecule has 2 atom stereocenters. The first kappa shape index (κ1) is 37.4. The molecule has 4 aromatic heterocycles. The lowest BCUT2D eigenvalue weighted by atomic mass is 9.66. The highest BCUT2D eigenvalue weighted by atomic mass is 31.2. The van der Waals surface area contributed by atoms with Gasteiger partial charge >= 0.3 is 0 Å². The number of pyridine rings is 3. The molecule has 14 rings (SSSR count). The fourth-order valence-electron chi connectivity index (χ4n) is 11.1. The lowest BCUT2D eigenvalue weighted by Crippen LogP contribution is -2.27. The van der Waals surface area contributed by atoms with Crippen LogP contribution >= 0.6 is 7.14 Å². The fraction of sp³-hybridized carbons (Fsp3) is 0.0500. The Labute approximate surface area is 380 Å². The lowest BCUT2D eigenvalue weighted by Gasteiger charge is -2.37. The summed E-state index contributed by atoms with van der Waals surface area (Å²) in [5.74, 6) is 0.305. The molecule has 0 aliphatic heterocycles. The van der Waals surface area contributed by atoms with Gasteiger partial charge in [-0.3, -0.25) is 14.4 Å². The highest BCUT2D eigenvalue weighted by Gasteiger charge is 2.35. The molecule has 0 fully saturated rings. The van der Waals surface area contributed by atoms with Gasteiger partial charge in [-0.2, -0.15) is 0 Å². The Morgan fingerprint density at radius 2 is 1.48 bits per heavy atom. The molecule has 2 unspecified atom stereocenters. The van der Waals surface area contributed by atoms with Crippen molar-refractivity contribution in [2.75, 3.05) is 0 Å². The Morgan fingerprint density at radius 3 is 2.39 bits per heavy atom. The van der Waals surface area contributed by atoms with Gasteiger partial charge in [0.15, 0.2) is 7.14 Å². The predicted molar refractivity (Wildman–Crippen MR) is 273 cm³/mol. The molecule has 5 nitrogen and oxygen atoms in total. The number of imidazole rings is 1. The summed E-state index contributed by atoms with van der Waals surface area (Å²) in [6.07, 6.45) is 24.1. The second-order valence-corrected chi connectivity index (χ2v) is 20.6. The maximum atomic E-state index is 15.4. The molecule has 66 heavy (non-hydrogen) atoms. The smallest absolute Gasteiger partial charge is 0.188 e. The van der Waals surface area contributed by atoms with Crippen LogP contribution in [-0.2, 0) is 11.0 Å². The van der Waals surface area contributed by atoms with Gasteiger partial charge in [0.2, 0.25) is 0 Å². The molecule has 0 bridgehead atoms. The van der Waals surface area contributed by atoms with Crippen LogP contribution in [0, 0.1) is 5.92 Å². The summed E-state index contributed by atoms with van der Waals surface area (Å²) in [5.41, 5.74) is 17.2. The van der Waals surface area contributed by atoms with Gasteiger partial charge in [0.25, 0.3) is 0 Å². The molecule has 0 saturated heterocycles. The van der Waals surface area contributed by atoms with Crippen LogP contribution in [0.3, 0.4) is 0 Å². The van der Waals surface area contributed by atoms with Crippen molar-refractivity contribution in [3.8, 4) is 11.1 Å². The number of hydrogen-bond donors (Lipinski definition) is 0. The molecule has 0 amide bonds. The largest absolute Gasteiger partial charge is 0.307 e. The van der Waals surface area contributed by atoms with E-state index in [1.807, 2.05) is 72.9 Å². The minimum Gasteiger partial charge on any atom is -0.307 e. The first-order chi connectivity index (χ1) is 32.6. The Kier molecular flexibility index (Phi) is 8.08. The van der Waals surface area contributed by atoms with Crippen LogP contribution in [0.25, 0.3) is 71.2 Å². The highest BCUT2D eigenvalue weighted by Crippen LogP contribution is 2.49. The number of benzene rings is 6. The number of nitrogens with zero attached hydrogens (tertiary/aromatic N) is 4. The lowest BCUT2D eigenvalue weighted by molar-refractivity contribution is 0.592. The van der Waals surface area contributed by atoms with Gasteiger partial charge in [-0.15, -0.1) is 0 Å². The molecular weight excluding hydrogens is 824 g/mol. The summed E-state index contributed by atoms with van der Waals surface area (Å²) in [6, 6.07) is 50.2. The molecular formula is C60H39N4OP. The monoisotopic (exact) mass is 862 g/mol. The molecule has 6 heteroatoms. The van der Waals surface area contributed by atoms with E-state index < -0.39 is 7.14 Å². The van der Waals surface area contributed by atoms with Crippen molar-refractivity contribution in [3.63, 3.8) is 0 Å². The second kappa shape index (κ2) is 14.3. The molecule has 0 saturated carbocycles. The number of hydrogen-bond acceptors (Lipinski definition) is 4. The number of fused-ring (bicyclic) bond motifs is 11. The molecule has 4 heterocycles. The van der Waals surface area contributed by atoms with Gasteiger partial charge in [-0.05, 0) is 105 Å². The van der Waals surface area contributed by atoms with Crippen LogP contribution < -0.4 is 16.0 Å². The first-order valence-electron chi connectivity index (χ1n) is 22.6. The van der Waals surface area contributed by atoms with Crippen molar-refractivity contribution in [2.24, 2.45) is 5.92 Å². The third-order valence-corrected chi connectivity index (χ3v) is 17.2.